The molecular formula is C15H20N2O3S. The van der Waals surface area contributed by atoms with Crippen LogP contribution in [-0.2, 0) is 4.74 Å². The smallest absolute Gasteiger partial charge is 0.265 e. The molecule has 0 radical (unpaired) electrons. The summed E-state index contributed by atoms with van der Waals surface area (Å²) >= 11 is 1.37. The Balaban J connectivity index is 2.21. The van der Waals surface area contributed by atoms with Gasteiger partial charge in [-0.05, 0) is 25.3 Å². The topological polar surface area (TPSA) is 75.8 Å². The number of ether oxygens (including phenoxy) is 1. The lowest BCUT2D eigenvalue weighted by atomic mass is 10.0. The number of morpholine rings is 1. The van der Waals surface area contributed by atoms with Crippen molar-refractivity contribution in [2.45, 2.75) is 25.6 Å². The summed E-state index contributed by atoms with van der Waals surface area (Å²) in [6.45, 7) is 4.87. The minimum absolute atomic E-state index is 0.0684. The second-order valence-corrected chi connectivity index (χ2v) is 6.45. The molecule has 1 aliphatic heterocycles. The number of thiophene rings is 1. The highest BCUT2D eigenvalue weighted by molar-refractivity contribution is 7.12. The molecule has 0 aromatic carbocycles. The molecular weight excluding hydrogens is 288 g/mol. The van der Waals surface area contributed by atoms with Crippen LogP contribution in [0.1, 0.15) is 29.1 Å². The van der Waals surface area contributed by atoms with Crippen LogP contribution in [0.5, 0.6) is 0 Å². The molecule has 2 heterocycles. The predicted molar refractivity (Wildman–Crippen MR) is 82.2 cm³/mol. The Morgan fingerprint density at radius 1 is 1.67 bits per heavy atom. The molecule has 3 N–H and O–H groups in total. The van der Waals surface area contributed by atoms with Gasteiger partial charge in [-0.25, -0.2) is 0 Å². The van der Waals surface area contributed by atoms with Crippen molar-refractivity contribution in [3.63, 3.8) is 0 Å². The molecule has 1 aromatic heterocycles. The maximum Gasteiger partial charge on any atom is 0.265 e. The molecule has 0 spiro atoms. The lowest BCUT2D eigenvalue weighted by Crippen LogP contribution is -2.55. The standard InChI is InChI=1S/C15H20N2O3S/c1-15(2)10-17(8-12(9-18)20-15)14(19)13-11(4-3-6-16)5-7-21-13/h5,7,12,18H,6,8-10,16H2,1-2H3. The molecule has 5 nitrogen and oxygen atoms in total. The number of hydrogen-bond acceptors (Lipinski definition) is 5. The van der Waals surface area contributed by atoms with Gasteiger partial charge in [0.1, 0.15) is 4.88 Å². The first-order valence-corrected chi connectivity index (χ1v) is 7.69. The van der Waals surface area contributed by atoms with E-state index >= 15 is 0 Å². The third-order valence-electron chi connectivity index (χ3n) is 3.16. The number of nitrogens with zero attached hydrogens (tertiary/aromatic N) is 1. The number of nitrogens with two attached hydrogens (primary N) is 1. The molecule has 1 aromatic rings. The Labute approximate surface area is 128 Å². The van der Waals surface area contributed by atoms with Gasteiger partial charge in [0.05, 0.1) is 24.9 Å². The summed E-state index contributed by atoms with van der Waals surface area (Å²) in [5.74, 6) is 5.63. The second kappa shape index (κ2) is 6.58. The van der Waals surface area contributed by atoms with E-state index in [2.05, 4.69) is 11.8 Å². The van der Waals surface area contributed by atoms with Crippen LogP contribution in [0.15, 0.2) is 11.4 Å². The fourth-order valence-corrected chi connectivity index (χ4v) is 3.22. The summed E-state index contributed by atoms with van der Waals surface area (Å²) in [5, 5.41) is 11.2. The summed E-state index contributed by atoms with van der Waals surface area (Å²) in [6.07, 6.45) is -0.351. The van der Waals surface area contributed by atoms with Gasteiger partial charge in [0.15, 0.2) is 0 Å². The molecule has 0 saturated carbocycles. The lowest BCUT2D eigenvalue weighted by molar-refractivity contribution is -0.139. The van der Waals surface area contributed by atoms with Crippen LogP contribution in [0.3, 0.4) is 0 Å². The maximum atomic E-state index is 12.7. The monoisotopic (exact) mass is 308 g/mol. The summed E-state index contributed by atoms with van der Waals surface area (Å²) in [4.78, 5) is 15.0. The second-order valence-electron chi connectivity index (χ2n) is 5.54. The first-order chi connectivity index (χ1) is 9.96. The highest BCUT2D eigenvalue weighted by Crippen LogP contribution is 2.25. The molecule has 1 amide bonds. The number of amides is 1. The molecule has 0 aliphatic carbocycles. The van der Waals surface area contributed by atoms with Gasteiger partial charge in [-0.1, -0.05) is 11.8 Å². The Kier molecular flexibility index (Phi) is 5.01. The Morgan fingerprint density at radius 2 is 2.43 bits per heavy atom. The van der Waals surface area contributed by atoms with Gasteiger partial charge in [-0.2, -0.15) is 0 Å². The number of rotatable bonds is 2. The van der Waals surface area contributed by atoms with Gasteiger partial charge in [0, 0.05) is 18.7 Å². The van der Waals surface area contributed by atoms with Crippen LogP contribution in [0.25, 0.3) is 0 Å². The van der Waals surface area contributed by atoms with Gasteiger partial charge >= 0.3 is 0 Å². The molecule has 21 heavy (non-hydrogen) atoms. The zero-order valence-corrected chi connectivity index (χ0v) is 13.1. The largest absolute Gasteiger partial charge is 0.394 e. The van der Waals surface area contributed by atoms with E-state index in [1.807, 2.05) is 25.3 Å². The zero-order valence-electron chi connectivity index (χ0n) is 12.3. The summed E-state index contributed by atoms with van der Waals surface area (Å²) in [6, 6.07) is 1.83. The molecule has 2 rings (SSSR count). The van der Waals surface area contributed by atoms with Crippen molar-refractivity contribution in [1.82, 2.24) is 4.90 Å². The van der Waals surface area contributed by atoms with Crippen LogP contribution in [0.4, 0.5) is 0 Å². The lowest BCUT2D eigenvalue weighted by Gasteiger charge is -2.42. The Morgan fingerprint density at radius 3 is 3.10 bits per heavy atom. The van der Waals surface area contributed by atoms with E-state index in [1.165, 1.54) is 11.3 Å². The fraction of sp³-hybridized carbons (Fsp3) is 0.533. The van der Waals surface area contributed by atoms with Crippen molar-refractivity contribution in [2.75, 3.05) is 26.2 Å². The number of carbonyl (C=O) groups is 1. The van der Waals surface area contributed by atoms with Crippen molar-refractivity contribution in [1.29, 1.82) is 0 Å². The average Bonchev–Trinajstić information content (AvgIpc) is 2.90. The normalized spacial score (nSPS) is 20.8. The number of hydrogen-bond donors (Lipinski definition) is 2. The highest BCUT2D eigenvalue weighted by Gasteiger charge is 2.36. The van der Waals surface area contributed by atoms with Gasteiger partial charge in [0.25, 0.3) is 5.91 Å². The fourth-order valence-electron chi connectivity index (χ4n) is 2.41. The SMILES string of the molecule is CC1(C)CN(C(=O)c2sccc2C#CCN)CC(CO)O1. The minimum Gasteiger partial charge on any atom is -0.394 e. The zero-order chi connectivity index (χ0) is 15.5. The van der Waals surface area contributed by atoms with E-state index in [0.29, 0.717) is 23.5 Å². The number of aliphatic hydroxyl groups excluding tert-OH is 1. The molecule has 1 unspecified atom stereocenters. The van der Waals surface area contributed by atoms with Crippen LogP contribution in [0.2, 0.25) is 0 Å². The highest BCUT2D eigenvalue weighted by atomic mass is 32.1. The number of aliphatic hydroxyl groups is 1. The molecule has 0 bridgehead atoms. The molecule has 1 atom stereocenters. The van der Waals surface area contributed by atoms with Crippen LogP contribution >= 0.6 is 11.3 Å². The number of carbonyl (C=O) groups excluding carboxylic acids is 1. The summed E-state index contributed by atoms with van der Waals surface area (Å²) in [7, 11) is 0. The molecule has 1 fully saturated rings. The third kappa shape index (κ3) is 3.83. The van der Waals surface area contributed by atoms with E-state index in [-0.39, 0.29) is 25.2 Å². The van der Waals surface area contributed by atoms with E-state index in [4.69, 9.17) is 10.5 Å². The van der Waals surface area contributed by atoms with Crippen molar-refractivity contribution in [2.24, 2.45) is 5.73 Å². The quantitative estimate of drug-likeness (QED) is 0.788. The summed E-state index contributed by atoms with van der Waals surface area (Å²) in [5.41, 5.74) is 5.61. The molecule has 1 saturated heterocycles. The molecule has 6 heteroatoms. The third-order valence-corrected chi connectivity index (χ3v) is 4.06. The van der Waals surface area contributed by atoms with Gasteiger partial charge in [0.2, 0.25) is 0 Å². The minimum atomic E-state index is -0.471. The van der Waals surface area contributed by atoms with Crippen LogP contribution < -0.4 is 5.73 Å². The van der Waals surface area contributed by atoms with E-state index in [9.17, 15) is 9.90 Å². The van der Waals surface area contributed by atoms with Crippen molar-refractivity contribution < 1.29 is 14.6 Å². The molecule has 114 valence electrons. The Hall–Kier alpha value is -1.39. The van der Waals surface area contributed by atoms with E-state index < -0.39 is 5.60 Å². The van der Waals surface area contributed by atoms with Gasteiger partial charge in [-0.3, -0.25) is 4.79 Å². The van der Waals surface area contributed by atoms with E-state index in [0.717, 1.165) is 0 Å². The van der Waals surface area contributed by atoms with Crippen molar-refractivity contribution in [3.8, 4) is 11.8 Å². The van der Waals surface area contributed by atoms with Crippen molar-refractivity contribution in [3.05, 3.63) is 21.9 Å². The van der Waals surface area contributed by atoms with Gasteiger partial charge < -0.3 is 20.5 Å². The van der Waals surface area contributed by atoms with Gasteiger partial charge in [-0.15, -0.1) is 11.3 Å². The maximum absolute atomic E-state index is 12.7. The van der Waals surface area contributed by atoms with Crippen LogP contribution in [0, 0.1) is 11.8 Å². The Bertz CT molecular complexity index is 571. The van der Waals surface area contributed by atoms with Crippen LogP contribution in [-0.4, -0.2) is 53.9 Å². The predicted octanol–water partition coefficient (Wildman–Crippen LogP) is 0.670. The van der Waals surface area contributed by atoms with Crippen molar-refractivity contribution >= 4 is 17.2 Å². The summed E-state index contributed by atoms with van der Waals surface area (Å²) < 4.78 is 5.73. The molecule has 1 aliphatic rings. The van der Waals surface area contributed by atoms with E-state index in [1.54, 1.807) is 4.90 Å². The average molecular weight is 308 g/mol. The first kappa shape index (κ1) is 16.0. The first-order valence-electron chi connectivity index (χ1n) is 6.81.